The third-order valence-corrected chi connectivity index (χ3v) is 3.34. The van der Waals surface area contributed by atoms with E-state index in [0.29, 0.717) is 12.8 Å². The van der Waals surface area contributed by atoms with Gasteiger partial charge in [-0.1, -0.05) is 18.6 Å². The molecule has 0 aromatic heterocycles. The van der Waals surface area contributed by atoms with Crippen molar-refractivity contribution in [1.82, 2.24) is 0 Å². The van der Waals surface area contributed by atoms with Crippen molar-refractivity contribution in [1.29, 1.82) is 0 Å². The summed E-state index contributed by atoms with van der Waals surface area (Å²) in [6.07, 6.45) is 2.39. The number of carbonyl (C=O) groups is 1. The van der Waals surface area contributed by atoms with Crippen LogP contribution in [0.1, 0.15) is 24.8 Å². The SMILES string of the molecule is COc1ccc(C2(C(=O)N=O)CCC2)cc1. The van der Waals surface area contributed by atoms with Crippen molar-refractivity contribution >= 4 is 5.91 Å². The first-order valence-electron chi connectivity index (χ1n) is 5.25. The Hall–Kier alpha value is -1.71. The van der Waals surface area contributed by atoms with Crippen LogP contribution in [0.25, 0.3) is 0 Å². The topological polar surface area (TPSA) is 55.7 Å². The van der Waals surface area contributed by atoms with E-state index in [1.165, 1.54) is 0 Å². The predicted molar refractivity (Wildman–Crippen MR) is 59.3 cm³/mol. The molecule has 1 saturated carbocycles. The number of carbonyl (C=O) groups excluding carboxylic acids is 1. The van der Waals surface area contributed by atoms with Crippen molar-refractivity contribution in [3.8, 4) is 5.75 Å². The highest BCUT2D eigenvalue weighted by Crippen LogP contribution is 2.45. The van der Waals surface area contributed by atoms with Gasteiger partial charge in [-0.05, 0) is 30.5 Å². The second-order valence-electron chi connectivity index (χ2n) is 4.06. The zero-order valence-electron chi connectivity index (χ0n) is 9.10. The molecular weight excluding hydrogens is 206 g/mol. The van der Waals surface area contributed by atoms with Crippen molar-refractivity contribution < 1.29 is 9.53 Å². The first kappa shape index (κ1) is 10.8. The Balaban J connectivity index is 2.33. The molecule has 0 atom stereocenters. The van der Waals surface area contributed by atoms with Crippen LogP contribution in [0, 0.1) is 4.91 Å². The molecule has 0 unspecified atom stereocenters. The predicted octanol–water partition coefficient (Wildman–Crippen LogP) is 2.41. The molecule has 0 saturated heterocycles. The molecule has 4 heteroatoms. The summed E-state index contributed by atoms with van der Waals surface area (Å²) < 4.78 is 5.05. The molecular formula is C12H13NO3. The molecule has 0 aliphatic heterocycles. The molecule has 2 rings (SSSR count). The number of rotatable bonds is 3. The molecule has 1 aliphatic carbocycles. The zero-order valence-corrected chi connectivity index (χ0v) is 9.10. The van der Waals surface area contributed by atoms with Crippen LogP contribution in [0.5, 0.6) is 5.75 Å². The van der Waals surface area contributed by atoms with E-state index in [0.717, 1.165) is 17.7 Å². The van der Waals surface area contributed by atoms with Crippen LogP contribution in [0.2, 0.25) is 0 Å². The number of benzene rings is 1. The standard InChI is InChI=1S/C12H13NO3/c1-16-10-5-3-9(4-6-10)12(7-2-8-12)11(14)13-15/h3-6H,2,7-8H2,1H3. The van der Waals surface area contributed by atoms with Gasteiger partial charge < -0.3 is 4.74 Å². The van der Waals surface area contributed by atoms with E-state index in [1.807, 2.05) is 12.1 Å². The van der Waals surface area contributed by atoms with Gasteiger partial charge in [0.25, 0.3) is 5.91 Å². The molecule has 4 nitrogen and oxygen atoms in total. The summed E-state index contributed by atoms with van der Waals surface area (Å²) in [6, 6.07) is 7.27. The van der Waals surface area contributed by atoms with Crippen LogP contribution in [0.4, 0.5) is 0 Å². The molecule has 84 valence electrons. The molecule has 0 spiro atoms. The second kappa shape index (κ2) is 4.04. The molecule has 0 N–H and O–H groups in total. The number of hydrogen-bond donors (Lipinski definition) is 0. The van der Waals surface area contributed by atoms with Gasteiger partial charge in [0.1, 0.15) is 5.75 Å². The lowest BCUT2D eigenvalue weighted by Gasteiger charge is -2.38. The molecule has 16 heavy (non-hydrogen) atoms. The van der Waals surface area contributed by atoms with Gasteiger partial charge in [0.15, 0.2) is 0 Å². The Morgan fingerprint density at radius 2 is 1.94 bits per heavy atom. The zero-order chi connectivity index (χ0) is 11.6. The molecule has 1 fully saturated rings. The van der Waals surface area contributed by atoms with E-state index in [4.69, 9.17) is 4.74 Å². The van der Waals surface area contributed by atoms with Gasteiger partial charge in [0.2, 0.25) is 0 Å². The van der Waals surface area contributed by atoms with E-state index < -0.39 is 11.3 Å². The summed E-state index contributed by atoms with van der Waals surface area (Å²) in [4.78, 5) is 22.0. The van der Waals surface area contributed by atoms with Gasteiger partial charge in [-0.25, -0.2) is 0 Å². The Morgan fingerprint density at radius 1 is 1.31 bits per heavy atom. The Labute approximate surface area is 93.6 Å². The molecule has 1 amide bonds. The largest absolute Gasteiger partial charge is 0.497 e. The molecule has 0 heterocycles. The Morgan fingerprint density at radius 3 is 2.31 bits per heavy atom. The third-order valence-electron chi connectivity index (χ3n) is 3.34. The highest BCUT2D eigenvalue weighted by molar-refractivity contribution is 5.89. The van der Waals surface area contributed by atoms with E-state index in [2.05, 4.69) is 5.18 Å². The van der Waals surface area contributed by atoms with E-state index in [1.54, 1.807) is 19.2 Å². The van der Waals surface area contributed by atoms with Gasteiger partial charge >= 0.3 is 0 Å². The maximum atomic E-state index is 11.6. The molecule has 0 bridgehead atoms. The highest BCUT2D eigenvalue weighted by Gasteiger charge is 2.46. The summed E-state index contributed by atoms with van der Waals surface area (Å²) in [5, 5.41) is 2.58. The van der Waals surface area contributed by atoms with E-state index in [-0.39, 0.29) is 0 Å². The molecule has 0 radical (unpaired) electrons. The molecule has 1 aliphatic rings. The van der Waals surface area contributed by atoms with E-state index in [9.17, 15) is 9.70 Å². The summed E-state index contributed by atoms with van der Waals surface area (Å²) in [7, 11) is 1.59. The maximum absolute atomic E-state index is 11.6. The van der Waals surface area contributed by atoms with Gasteiger partial charge in [-0.2, -0.15) is 0 Å². The van der Waals surface area contributed by atoms with Crippen LogP contribution in [0.3, 0.4) is 0 Å². The number of methoxy groups -OCH3 is 1. The number of nitrogens with zero attached hydrogens (tertiary/aromatic N) is 1. The van der Waals surface area contributed by atoms with Crippen LogP contribution < -0.4 is 4.74 Å². The quantitative estimate of drug-likeness (QED) is 0.733. The molecule has 1 aromatic rings. The lowest BCUT2D eigenvalue weighted by molar-refractivity contribution is -0.126. The van der Waals surface area contributed by atoms with Gasteiger partial charge in [-0.15, -0.1) is 4.91 Å². The number of hydrogen-bond acceptors (Lipinski definition) is 3. The Kier molecular flexibility index (Phi) is 2.73. The van der Waals surface area contributed by atoms with Gasteiger partial charge in [-0.3, -0.25) is 4.79 Å². The monoisotopic (exact) mass is 219 g/mol. The number of nitroso groups, excluding NO2 is 1. The fourth-order valence-electron chi connectivity index (χ4n) is 2.15. The number of ether oxygens (including phenoxy) is 1. The minimum Gasteiger partial charge on any atom is -0.497 e. The van der Waals surface area contributed by atoms with Gasteiger partial charge in [0.05, 0.1) is 12.5 Å². The summed E-state index contributed by atoms with van der Waals surface area (Å²) in [5.41, 5.74) is 0.206. The summed E-state index contributed by atoms with van der Waals surface area (Å²) in [6.45, 7) is 0. The first-order chi connectivity index (χ1) is 7.73. The lowest BCUT2D eigenvalue weighted by atomic mass is 9.64. The number of amides is 1. The smallest absolute Gasteiger partial charge is 0.296 e. The first-order valence-corrected chi connectivity index (χ1v) is 5.25. The van der Waals surface area contributed by atoms with Crippen LogP contribution in [-0.2, 0) is 10.2 Å². The average molecular weight is 219 g/mol. The van der Waals surface area contributed by atoms with E-state index >= 15 is 0 Å². The highest BCUT2D eigenvalue weighted by atomic mass is 16.5. The minimum atomic E-state index is -0.659. The van der Waals surface area contributed by atoms with Crippen molar-refractivity contribution in [3.63, 3.8) is 0 Å². The van der Waals surface area contributed by atoms with Gasteiger partial charge in [0, 0.05) is 5.18 Å². The van der Waals surface area contributed by atoms with Crippen LogP contribution in [-0.4, -0.2) is 13.0 Å². The second-order valence-corrected chi connectivity index (χ2v) is 4.06. The average Bonchev–Trinajstić information content (AvgIpc) is 2.28. The maximum Gasteiger partial charge on any atom is 0.296 e. The van der Waals surface area contributed by atoms with Crippen LogP contribution >= 0.6 is 0 Å². The van der Waals surface area contributed by atoms with Crippen molar-refractivity contribution in [2.75, 3.05) is 7.11 Å². The van der Waals surface area contributed by atoms with Crippen molar-refractivity contribution in [2.45, 2.75) is 24.7 Å². The minimum absolute atomic E-state index is 0.552. The lowest BCUT2D eigenvalue weighted by Crippen LogP contribution is -2.41. The summed E-state index contributed by atoms with van der Waals surface area (Å²) >= 11 is 0. The fraction of sp³-hybridized carbons (Fsp3) is 0.417. The Bertz CT molecular complexity index is 407. The third kappa shape index (κ3) is 1.50. The summed E-state index contributed by atoms with van der Waals surface area (Å²) in [5.74, 6) is 0.189. The van der Waals surface area contributed by atoms with Crippen LogP contribution in [0.15, 0.2) is 29.4 Å². The van der Waals surface area contributed by atoms with Crippen molar-refractivity contribution in [3.05, 3.63) is 34.7 Å². The molecule has 1 aromatic carbocycles. The normalized spacial score (nSPS) is 17.3. The van der Waals surface area contributed by atoms with Crippen molar-refractivity contribution in [2.24, 2.45) is 5.18 Å². The fourth-order valence-corrected chi connectivity index (χ4v) is 2.15.